The van der Waals surface area contributed by atoms with Crippen LogP contribution in [0.2, 0.25) is 5.02 Å². The largest absolute Gasteiger partial charge is 0.394 e. The molecule has 2 N–H and O–H groups in total. The molecular weight excluding hydrogens is 258 g/mol. The van der Waals surface area contributed by atoms with Crippen LogP contribution in [0.5, 0.6) is 0 Å². The zero-order valence-electron chi connectivity index (χ0n) is 11.2. The molecule has 0 heterocycles. The molecular formula is C16H18ClNO. The summed E-state index contributed by atoms with van der Waals surface area (Å²) in [5.74, 6) is 0. The lowest BCUT2D eigenvalue weighted by Gasteiger charge is -2.20. The van der Waals surface area contributed by atoms with E-state index in [0.29, 0.717) is 5.02 Å². The van der Waals surface area contributed by atoms with Crippen molar-refractivity contribution in [3.8, 4) is 0 Å². The molecule has 0 spiro atoms. The van der Waals surface area contributed by atoms with Crippen LogP contribution in [0.3, 0.4) is 0 Å². The summed E-state index contributed by atoms with van der Waals surface area (Å²) in [6.07, 6.45) is 0. The number of aliphatic hydroxyl groups excluding tert-OH is 1. The predicted molar refractivity (Wildman–Crippen MR) is 80.8 cm³/mol. The third kappa shape index (κ3) is 3.49. The van der Waals surface area contributed by atoms with Gasteiger partial charge >= 0.3 is 0 Å². The first-order valence-electron chi connectivity index (χ1n) is 6.30. The standard InChI is InChI=1S/C16H18ClNO/c1-11-3-4-12(2)15(9-11)16(10-19)18-14-7-5-13(17)6-8-14/h3-9,16,18-19H,10H2,1-2H3. The third-order valence-electron chi connectivity index (χ3n) is 3.18. The summed E-state index contributed by atoms with van der Waals surface area (Å²) in [5.41, 5.74) is 4.44. The molecule has 1 unspecified atom stereocenters. The molecule has 3 heteroatoms. The second-order valence-electron chi connectivity index (χ2n) is 4.75. The van der Waals surface area contributed by atoms with E-state index in [0.717, 1.165) is 11.3 Å². The highest BCUT2D eigenvalue weighted by atomic mass is 35.5. The molecule has 0 fully saturated rings. The number of halogens is 1. The summed E-state index contributed by atoms with van der Waals surface area (Å²) in [5, 5.41) is 13.7. The molecule has 0 radical (unpaired) electrons. The van der Waals surface area contributed by atoms with Gasteiger partial charge in [0.1, 0.15) is 0 Å². The van der Waals surface area contributed by atoms with Gasteiger partial charge in [-0.1, -0.05) is 35.4 Å². The summed E-state index contributed by atoms with van der Waals surface area (Å²) in [6.45, 7) is 4.16. The van der Waals surface area contributed by atoms with Crippen molar-refractivity contribution in [1.29, 1.82) is 0 Å². The molecule has 0 aliphatic carbocycles. The number of aryl methyl sites for hydroxylation is 2. The Morgan fingerprint density at radius 3 is 2.42 bits per heavy atom. The average molecular weight is 276 g/mol. The van der Waals surface area contributed by atoms with Gasteiger partial charge in [0.25, 0.3) is 0 Å². The van der Waals surface area contributed by atoms with Crippen LogP contribution in [0.4, 0.5) is 5.69 Å². The molecule has 0 aliphatic heterocycles. The fourth-order valence-corrected chi connectivity index (χ4v) is 2.23. The van der Waals surface area contributed by atoms with Gasteiger partial charge < -0.3 is 10.4 Å². The highest BCUT2D eigenvalue weighted by Crippen LogP contribution is 2.24. The summed E-state index contributed by atoms with van der Waals surface area (Å²) >= 11 is 5.87. The smallest absolute Gasteiger partial charge is 0.0747 e. The van der Waals surface area contributed by atoms with Gasteiger partial charge in [-0.3, -0.25) is 0 Å². The minimum absolute atomic E-state index is 0.0485. The van der Waals surface area contributed by atoms with Crippen LogP contribution in [0.1, 0.15) is 22.7 Å². The zero-order valence-corrected chi connectivity index (χ0v) is 11.9. The number of nitrogens with one attached hydrogen (secondary N) is 1. The van der Waals surface area contributed by atoms with Crippen LogP contribution in [-0.4, -0.2) is 11.7 Å². The number of anilines is 1. The Balaban J connectivity index is 2.24. The van der Waals surface area contributed by atoms with E-state index in [9.17, 15) is 5.11 Å². The van der Waals surface area contributed by atoms with Crippen molar-refractivity contribution in [1.82, 2.24) is 0 Å². The summed E-state index contributed by atoms with van der Waals surface area (Å²) in [4.78, 5) is 0. The van der Waals surface area contributed by atoms with Crippen LogP contribution >= 0.6 is 11.6 Å². The Hall–Kier alpha value is -1.51. The van der Waals surface area contributed by atoms with Crippen molar-refractivity contribution in [3.63, 3.8) is 0 Å². The zero-order chi connectivity index (χ0) is 13.8. The van der Waals surface area contributed by atoms with Gasteiger partial charge in [0.2, 0.25) is 0 Å². The van der Waals surface area contributed by atoms with Crippen LogP contribution in [0, 0.1) is 13.8 Å². The molecule has 2 nitrogen and oxygen atoms in total. The van der Waals surface area contributed by atoms with Gasteiger partial charge in [-0.15, -0.1) is 0 Å². The van der Waals surface area contributed by atoms with E-state index < -0.39 is 0 Å². The van der Waals surface area contributed by atoms with Crippen LogP contribution in [0.25, 0.3) is 0 Å². The van der Waals surface area contributed by atoms with E-state index in [4.69, 9.17) is 11.6 Å². The first kappa shape index (κ1) is 13.9. The lowest BCUT2D eigenvalue weighted by molar-refractivity contribution is 0.276. The number of hydrogen-bond donors (Lipinski definition) is 2. The van der Waals surface area contributed by atoms with Gasteiger partial charge in [0, 0.05) is 10.7 Å². The Morgan fingerprint density at radius 1 is 1.11 bits per heavy atom. The van der Waals surface area contributed by atoms with Crippen LogP contribution < -0.4 is 5.32 Å². The van der Waals surface area contributed by atoms with Crippen molar-refractivity contribution in [2.45, 2.75) is 19.9 Å². The van der Waals surface area contributed by atoms with Crippen molar-refractivity contribution in [3.05, 3.63) is 64.2 Å². The minimum atomic E-state index is -0.110. The molecule has 0 saturated carbocycles. The molecule has 100 valence electrons. The maximum absolute atomic E-state index is 9.62. The molecule has 19 heavy (non-hydrogen) atoms. The van der Waals surface area contributed by atoms with Gasteiger partial charge in [0.15, 0.2) is 0 Å². The minimum Gasteiger partial charge on any atom is -0.394 e. The molecule has 2 aromatic carbocycles. The fourth-order valence-electron chi connectivity index (χ4n) is 2.10. The molecule has 0 amide bonds. The first-order valence-corrected chi connectivity index (χ1v) is 6.68. The van der Waals surface area contributed by atoms with Gasteiger partial charge in [-0.2, -0.15) is 0 Å². The number of aliphatic hydroxyl groups is 1. The van der Waals surface area contributed by atoms with Gasteiger partial charge in [-0.05, 0) is 49.2 Å². The summed E-state index contributed by atoms with van der Waals surface area (Å²) in [7, 11) is 0. The number of hydrogen-bond acceptors (Lipinski definition) is 2. The molecule has 0 aliphatic rings. The molecule has 1 atom stereocenters. The van der Waals surface area contributed by atoms with Gasteiger partial charge in [0.05, 0.1) is 12.6 Å². The topological polar surface area (TPSA) is 32.3 Å². The van der Waals surface area contributed by atoms with E-state index in [2.05, 4.69) is 37.4 Å². The van der Waals surface area contributed by atoms with E-state index in [1.54, 1.807) is 0 Å². The average Bonchev–Trinajstić information content (AvgIpc) is 2.41. The highest BCUT2D eigenvalue weighted by Gasteiger charge is 2.12. The lowest BCUT2D eigenvalue weighted by Crippen LogP contribution is -2.16. The molecule has 2 rings (SSSR count). The Kier molecular flexibility index (Phi) is 4.46. The molecule has 0 bridgehead atoms. The van der Waals surface area contributed by atoms with Crippen molar-refractivity contribution in [2.75, 3.05) is 11.9 Å². The highest BCUT2D eigenvalue weighted by molar-refractivity contribution is 6.30. The normalized spacial score (nSPS) is 12.2. The van der Waals surface area contributed by atoms with Crippen molar-refractivity contribution >= 4 is 17.3 Å². The van der Waals surface area contributed by atoms with E-state index >= 15 is 0 Å². The molecule has 2 aromatic rings. The van der Waals surface area contributed by atoms with Gasteiger partial charge in [-0.25, -0.2) is 0 Å². The quantitative estimate of drug-likeness (QED) is 0.880. The van der Waals surface area contributed by atoms with Crippen molar-refractivity contribution < 1.29 is 5.11 Å². The van der Waals surface area contributed by atoms with E-state index in [1.807, 2.05) is 24.3 Å². The van der Waals surface area contributed by atoms with E-state index in [1.165, 1.54) is 11.1 Å². The Labute approximate surface area is 119 Å². The van der Waals surface area contributed by atoms with Crippen molar-refractivity contribution in [2.24, 2.45) is 0 Å². The number of rotatable bonds is 4. The summed E-state index contributed by atoms with van der Waals surface area (Å²) < 4.78 is 0. The Bertz CT molecular complexity index is 551. The Morgan fingerprint density at radius 2 is 1.79 bits per heavy atom. The second kappa shape index (κ2) is 6.09. The second-order valence-corrected chi connectivity index (χ2v) is 5.18. The molecule has 0 aromatic heterocycles. The first-order chi connectivity index (χ1) is 9.10. The molecule has 0 saturated heterocycles. The predicted octanol–water partition coefficient (Wildman–Crippen LogP) is 4.10. The van der Waals surface area contributed by atoms with E-state index in [-0.39, 0.29) is 12.6 Å². The SMILES string of the molecule is Cc1ccc(C)c(C(CO)Nc2ccc(Cl)cc2)c1. The van der Waals surface area contributed by atoms with Crippen LogP contribution in [-0.2, 0) is 0 Å². The maximum atomic E-state index is 9.62. The maximum Gasteiger partial charge on any atom is 0.0747 e. The lowest BCUT2D eigenvalue weighted by atomic mass is 9.99. The fraction of sp³-hybridized carbons (Fsp3) is 0.250. The third-order valence-corrected chi connectivity index (χ3v) is 3.43. The number of benzene rings is 2. The summed E-state index contributed by atoms with van der Waals surface area (Å²) in [6, 6.07) is 13.7. The monoisotopic (exact) mass is 275 g/mol. The van der Waals surface area contributed by atoms with Crippen LogP contribution in [0.15, 0.2) is 42.5 Å².